The van der Waals surface area contributed by atoms with Gasteiger partial charge in [0.25, 0.3) is 0 Å². The van der Waals surface area contributed by atoms with Crippen molar-refractivity contribution in [3.05, 3.63) is 24.4 Å². The van der Waals surface area contributed by atoms with Crippen LogP contribution in [0.25, 0.3) is 6.08 Å². The van der Waals surface area contributed by atoms with E-state index in [1.165, 1.54) is 6.39 Å². The normalized spacial score (nSPS) is 10.6. The Morgan fingerprint density at radius 3 is 3.12 bits per heavy atom. The Hall–Kier alpha value is -1.05. The van der Waals surface area contributed by atoms with Crippen LogP contribution in [0.4, 0.5) is 0 Å². The van der Waals surface area contributed by atoms with E-state index in [-0.39, 0.29) is 0 Å². The molecule has 0 saturated carbocycles. The lowest BCUT2D eigenvalue weighted by atomic mass is 10.4. The largest absolute Gasteiger partial charge is 0.444 e. The van der Waals surface area contributed by atoms with Gasteiger partial charge in [-0.25, -0.2) is 4.98 Å². The minimum absolute atomic E-state index is 0.799. The third-order valence-corrected chi connectivity index (χ3v) is 0.782. The first-order chi connectivity index (χ1) is 3.93. The zero-order valence-corrected chi connectivity index (χ0v) is 4.66. The highest BCUT2D eigenvalue weighted by molar-refractivity contribution is 5.39. The van der Waals surface area contributed by atoms with Crippen LogP contribution in [0.15, 0.2) is 23.1 Å². The minimum atomic E-state index is 0.799. The number of hydrogen-bond donors (Lipinski definition) is 0. The van der Waals surface area contributed by atoms with Crippen LogP contribution in [0.3, 0.4) is 0 Å². The summed E-state index contributed by atoms with van der Waals surface area (Å²) in [6.07, 6.45) is 6.84. The van der Waals surface area contributed by atoms with Gasteiger partial charge in [0, 0.05) is 0 Å². The lowest BCUT2D eigenvalue weighted by Gasteiger charge is -1.74. The van der Waals surface area contributed by atoms with E-state index < -0.39 is 0 Å². The first-order valence-corrected chi connectivity index (χ1v) is 2.44. The van der Waals surface area contributed by atoms with Crippen LogP contribution in [-0.2, 0) is 0 Å². The van der Waals surface area contributed by atoms with Gasteiger partial charge in [-0.2, -0.15) is 0 Å². The molecular formula is C6H7NO. The second kappa shape index (κ2) is 2.31. The molecular weight excluding hydrogens is 102 g/mol. The molecule has 42 valence electrons. The number of oxazole rings is 1. The smallest absolute Gasteiger partial charge is 0.181 e. The number of allylic oxidation sites excluding steroid dienone is 1. The van der Waals surface area contributed by atoms with E-state index in [0.717, 1.165) is 5.76 Å². The Kier molecular flexibility index (Phi) is 1.47. The lowest BCUT2D eigenvalue weighted by molar-refractivity contribution is 0.548. The monoisotopic (exact) mass is 109 g/mol. The molecule has 0 fully saturated rings. The molecule has 0 saturated heterocycles. The van der Waals surface area contributed by atoms with Gasteiger partial charge in [-0.15, -0.1) is 0 Å². The molecule has 1 rings (SSSR count). The molecule has 0 unspecified atom stereocenters. The molecule has 0 amide bonds. The third-order valence-electron chi connectivity index (χ3n) is 0.782. The van der Waals surface area contributed by atoms with E-state index in [1.807, 2.05) is 19.1 Å². The summed E-state index contributed by atoms with van der Waals surface area (Å²) in [5.74, 6) is 0.799. The predicted octanol–water partition coefficient (Wildman–Crippen LogP) is 1.71. The van der Waals surface area contributed by atoms with Gasteiger partial charge in [0.05, 0.1) is 6.20 Å². The van der Waals surface area contributed by atoms with Gasteiger partial charge in [0.15, 0.2) is 6.39 Å². The Balaban J connectivity index is 2.77. The highest BCUT2D eigenvalue weighted by Gasteiger charge is 1.83. The standard InChI is InChI=1S/C6H7NO/c1-2-3-6-4-7-5-8-6/h2-5H,1H3/b3-2+. The van der Waals surface area contributed by atoms with Crippen LogP contribution in [0.1, 0.15) is 12.7 Å². The molecule has 8 heavy (non-hydrogen) atoms. The molecule has 0 aliphatic carbocycles. The molecule has 0 radical (unpaired) electrons. The van der Waals surface area contributed by atoms with E-state index in [0.29, 0.717) is 0 Å². The molecule has 0 aliphatic rings. The maximum absolute atomic E-state index is 4.88. The number of nitrogens with zero attached hydrogens (tertiary/aromatic N) is 1. The van der Waals surface area contributed by atoms with Crippen LogP contribution in [-0.4, -0.2) is 4.98 Å². The molecule has 0 spiro atoms. The van der Waals surface area contributed by atoms with E-state index in [1.54, 1.807) is 6.20 Å². The summed E-state index contributed by atoms with van der Waals surface area (Å²) in [6, 6.07) is 0. The number of hydrogen-bond acceptors (Lipinski definition) is 2. The van der Waals surface area contributed by atoms with Crippen LogP contribution >= 0.6 is 0 Å². The fourth-order valence-electron chi connectivity index (χ4n) is 0.472. The predicted molar refractivity (Wildman–Crippen MR) is 31.2 cm³/mol. The van der Waals surface area contributed by atoms with Crippen molar-refractivity contribution < 1.29 is 4.42 Å². The van der Waals surface area contributed by atoms with Gasteiger partial charge in [-0.05, 0) is 13.0 Å². The second-order valence-electron chi connectivity index (χ2n) is 1.40. The average Bonchev–Trinajstić information content (AvgIpc) is 2.19. The van der Waals surface area contributed by atoms with Crippen LogP contribution < -0.4 is 0 Å². The summed E-state index contributed by atoms with van der Waals surface area (Å²) >= 11 is 0. The zero-order chi connectivity index (χ0) is 5.82. The van der Waals surface area contributed by atoms with Gasteiger partial charge in [-0.3, -0.25) is 0 Å². The van der Waals surface area contributed by atoms with Crippen LogP contribution in [0.2, 0.25) is 0 Å². The summed E-state index contributed by atoms with van der Waals surface area (Å²) in [6.45, 7) is 1.93. The van der Waals surface area contributed by atoms with Crippen molar-refractivity contribution in [1.29, 1.82) is 0 Å². The number of rotatable bonds is 1. The van der Waals surface area contributed by atoms with Crippen molar-refractivity contribution in [1.82, 2.24) is 4.98 Å². The van der Waals surface area contributed by atoms with Crippen molar-refractivity contribution in [3.63, 3.8) is 0 Å². The van der Waals surface area contributed by atoms with Crippen LogP contribution in [0, 0.1) is 0 Å². The van der Waals surface area contributed by atoms with Crippen molar-refractivity contribution in [2.45, 2.75) is 6.92 Å². The topological polar surface area (TPSA) is 26.0 Å². The van der Waals surface area contributed by atoms with E-state index in [2.05, 4.69) is 4.98 Å². The Labute approximate surface area is 47.9 Å². The molecule has 1 aromatic rings. The van der Waals surface area contributed by atoms with Crippen molar-refractivity contribution in [3.8, 4) is 0 Å². The van der Waals surface area contributed by atoms with Gasteiger partial charge < -0.3 is 4.42 Å². The first-order valence-electron chi connectivity index (χ1n) is 2.44. The van der Waals surface area contributed by atoms with Crippen LogP contribution in [0.5, 0.6) is 0 Å². The summed E-state index contributed by atoms with van der Waals surface area (Å²) in [7, 11) is 0. The molecule has 1 aromatic heterocycles. The molecule has 2 nitrogen and oxygen atoms in total. The summed E-state index contributed by atoms with van der Waals surface area (Å²) in [5.41, 5.74) is 0. The van der Waals surface area contributed by atoms with Crippen molar-refractivity contribution in [2.75, 3.05) is 0 Å². The number of aromatic nitrogens is 1. The highest BCUT2D eigenvalue weighted by Crippen LogP contribution is 1.97. The van der Waals surface area contributed by atoms with Crippen molar-refractivity contribution >= 4 is 6.08 Å². The second-order valence-corrected chi connectivity index (χ2v) is 1.40. The maximum Gasteiger partial charge on any atom is 0.181 e. The Morgan fingerprint density at radius 1 is 1.75 bits per heavy atom. The lowest BCUT2D eigenvalue weighted by Crippen LogP contribution is -1.55. The van der Waals surface area contributed by atoms with E-state index in [4.69, 9.17) is 4.42 Å². The SMILES string of the molecule is C/C=C/c1cnco1. The molecule has 1 heterocycles. The molecule has 0 N–H and O–H groups in total. The summed E-state index contributed by atoms with van der Waals surface area (Å²) in [4.78, 5) is 3.72. The minimum Gasteiger partial charge on any atom is -0.444 e. The van der Waals surface area contributed by atoms with E-state index in [9.17, 15) is 0 Å². The van der Waals surface area contributed by atoms with Gasteiger partial charge >= 0.3 is 0 Å². The zero-order valence-electron chi connectivity index (χ0n) is 4.66. The molecule has 0 aliphatic heterocycles. The fourth-order valence-corrected chi connectivity index (χ4v) is 0.472. The van der Waals surface area contributed by atoms with Crippen molar-refractivity contribution in [2.24, 2.45) is 0 Å². The maximum atomic E-state index is 4.88. The molecule has 0 bridgehead atoms. The molecule has 0 aromatic carbocycles. The summed E-state index contributed by atoms with van der Waals surface area (Å²) in [5, 5.41) is 0. The molecule has 2 heteroatoms. The third kappa shape index (κ3) is 0.964. The molecule has 0 atom stereocenters. The quantitative estimate of drug-likeness (QED) is 0.548. The Bertz CT molecular complexity index is 165. The Morgan fingerprint density at radius 2 is 2.62 bits per heavy atom. The van der Waals surface area contributed by atoms with Gasteiger partial charge in [-0.1, -0.05) is 6.08 Å². The van der Waals surface area contributed by atoms with Gasteiger partial charge in [0.1, 0.15) is 5.76 Å². The average molecular weight is 109 g/mol. The first kappa shape index (κ1) is 5.09. The van der Waals surface area contributed by atoms with E-state index >= 15 is 0 Å². The summed E-state index contributed by atoms with van der Waals surface area (Å²) < 4.78 is 4.88. The highest BCUT2D eigenvalue weighted by atomic mass is 16.3. The van der Waals surface area contributed by atoms with Gasteiger partial charge in [0.2, 0.25) is 0 Å². The fraction of sp³-hybridized carbons (Fsp3) is 0.167.